The molecule has 0 saturated heterocycles. The summed E-state index contributed by atoms with van der Waals surface area (Å²) in [5, 5.41) is 9.04. The van der Waals surface area contributed by atoms with Gasteiger partial charge in [-0.15, -0.1) is 0 Å². The van der Waals surface area contributed by atoms with Crippen molar-refractivity contribution in [2.75, 3.05) is 0 Å². The fourth-order valence-corrected chi connectivity index (χ4v) is 1.11. The van der Waals surface area contributed by atoms with Crippen molar-refractivity contribution < 1.29 is 14.6 Å². The summed E-state index contributed by atoms with van der Waals surface area (Å²) in [5.74, 6) is 0.362. The van der Waals surface area contributed by atoms with Gasteiger partial charge in [0, 0.05) is 0 Å². The molecule has 0 aliphatic carbocycles. The molecule has 0 unspecified atom stereocenters. The monoisotopic (exact) mass is 208 g/mol. The van der Waals surface area contributed by atoms with Gasteiger partial charge in [0.2, 0.25) is 0 Å². The molecule has 0 aliphatic heterocycles. The van der Waals surface area contributed by atoms with Gasteiger partial charge in [0.1, 0.15) is 11.5 Å². The van der Waals surface area contributed by atoms with Crippen molar-refractivity contribution in [1.29, 1.82) is 0 Å². The fourth-order valence-electron chi connectivity index (χ4n) is 1.11. The van der Waals surface area contributed by atoms with Gasteiger partial charge in [-0.25, -0.2) is 0 Å². The van der Waals surface area contributed by atoms with Crippen molar-refractivity contribution in [3.05, 3.63) is 24.3 Å². The van der Waals surface area contributed by atoms with E-state index in [2.05, 4.69) is 0 Å². The first-order valence-electron chi connectivity index (χ1n) is 4.86. The molecule has 1 aromatic rings. The number of hydrogen-bond donors (Lipinski definition) is 1. The lowest BCUT2D eigenvalue weighted by Gasteiger charge is -2.16. The minimum absolute atomic E-state index is 0.0754. The number of ether oxygens (including phenoxy) is 1. The van der Waals surface area contributed by atoms with Crippen LogP contribution in [0, 0.1) is 5.41 Å². The molecule has 0 atom stereocenters. The Morgan fingerprint density at radius 2 is 1.80 bits per heavy atom. The number of carbonyl (C=O) groups excluding carboxylic acids is 1. The van der Waals surface area contributed by atoms with Gasteiger partial charge in [-0.3, -0.25) is 4.79 Å². The van der Waals surface area contributed by atoms with Crippen LogP contribution in [-0.2, 0) is 4.79 Å². The Bertz CT molecular complexity index is 333. The van der Waals surface area contributed by atoms with Gasteiger partial charge >= 0.3 is 5.97 Å². The third-order valence-electron chi connectivity index (χ3n) is 1.74. The van der Waals surface area contributed by atoms with Crippen LogP contribution in [-0.4, -0.2) is 11.1 Å². The number of benzene rings is 1. The van der Waals surface area contributed by atoms with Gasteiger partial charge in [-0.05, 0) is 29.7 Å². The predicted molar refractivity (Wildman–Crippen MR) is 57.8 cm³/mol. The van der Waals surface area contributed by atoms with E-state index in [9.17, 15) is 4.79 Å². The topological polar surface area (TPSA) is 46.5 Å². The highest BCUT2D eigenvalue weighted by Gasteiger charge is 2.17. The van der Waals surface area contributed by atoms with Crippen LogP contribution in [0.4, 0.5) is 0 Å². The van der Waals surface area contributed by atoms with Crippen molar-refractivity contribution in [2.45, 2.75) is 27.2 Å². The standard InChI is InChI=1S/C12H16O3/c1-12(2,3)8-11(14)15-10-6-4-9(13)5-7-10/h4-7,13H,8H2,1-3H3. The maximum atomic E-state index is 11.4. The van der Waals surface area contributed by atoms with Crippen LogP contribution in [0.25, 0.3) is 0 Å². The third-order valence-corrected chi connectivity index (χ3v) is 1.74. The molecule has 0 aromatic heterocycles. The second-order valence-electron chi connectivity index (χ2n) is 4.71. The first-order valence-corrected chi connectivity index (χ1v) is 4.86. The van der Waals surface area contributed by atoms with Crippen LogP contribution >= 0.6 is 0 Å². The minimum Gasteiger partial charge on any atom is -0.508 e. The molecular weight excluding hydrogens is 192 g/mol. The van der Waals surface area contributed by atoms with E-state index in [0.717, 1.165) is 0 Å². The molecule has 0 radical (unpaired) electrons. The lowest BCUT2D eigenvalue weighted by molar-refractivity contribution is -0.136. The molecule has 0 fully saturated rings. The average Bonchev–Trinajstić information content (AvgIpc) is 2.05. The molecule has 0 amide bonds. The zero-order valence-electron chi connectivity index (χ0n) is 9.28. The van der Waals surface area contributed by atoms with E-state index in [1.54, 1.807) is 12.1 Å². The fraction of sp³-hybridized carbons (Fsp3) is 0.417. The Hall–Kier alpha value is -1.51. The molecule has 1 rings (SSSR count). The van der Waals surface area contributed by atoms with E-state index in [1.807, 2.05) is 20.8 Å². The molecule has 1 aromatic carbocycles. The number of aromatic hydroxyl groups is 1. The Kier molecular flexibility index (Phi) is 3.35. The summed E-state index contributed by atoms with van der Waals surface area (Å²) in [5.41, 5.74) is -0.0754. The van der Waals surface area contributed by atoms with Gasteiger partial charge in [0.15, 0.2) is 0 Å². The Morgan fingerprint density at radius 3 is 2.27 bits per heavy atom. The normalized spacial score (nSPS) is 11.1. The number of phenolic OH excluding ortho intramolecular Hbond substituents is 1. The SMILES string of the molecule is CC(C)(C)CC(=O)Oc1ccc(O)cc1. The minimum atomic E-state index is -0.256. The molecule has 0 bridgehead atoms. The van der Waals surface area contributed by atoms with Crippen LogP contribution in [0.1, 0.15) is 27.2 Å². The summed E-state index contributed by atoms with van der Waals surface area (Å²) >= 11 is 0. The highest BCUT2D eigenvalue weighted by molar-refractivity contribution is 5.73. The van der Waals surface area contributed by atoms with Gasteiger partial charge < -0.3 is 9.84 Å². The van der Waals surface area contributed by atoms with E-state index in [4.69, 9.17) is 9.84 Å². The maximum absolute atomic E-state index is 11.4. The molecule has 82 valence electrons. The van der Waals surface area contributed by atoms with E-state index < -0.39 is 0 Å². The molecule has 0 spiro atoms. The highest BCUT2D eigenvalue weighted by atomic mass is 16.5. The maximum Gasteiger partial charge on any atom is 0.311 e. The molecule has 3 nitrogen and oxygen atoms in total. The first kappa shape index (κ1) is 11.6. The van der Waals surface area contributed by atoms with Gasteiger partial charge in [0.25, 0.3) is 0 Å². The summed E-state index contributed by atoms with van der Waals surface area (Å²) in [6.45, 7) is 5.93. The smallest absolute Gasteiger partial charge is 0.311 e. The van der Waals surface area contributed by atoms with Crippen LogP contribution in [0.3, 0.4) is 0 Å². The number of rotatable bonds is 2. The number of phenols is 1. The summed E-state index contributed by atoms with van der Waals surface area (Å²) < 4.78 is 5.10. The molecule has 0 saturated carbocycles. The highest BCUT2D eigenvalue weighted by Crippen LogP contribution is 2.21. The average molecular weight is 208 g/mol. The lowest BCUT2D eigenvalue weighted by Crippen LogP contribution is -2.17. The predicted octanol–water partition coefficient (Wildman–Crippen LogP) is 2.73. The Balaban J connectivity index is 2.55. The van der Waals surface area contributed by atoms with Crippen molar-refractivity contribution in [2.24, 2.45) is 5.41 Å². The molecule has 15 heavy (non-hydrogen) atoms. The zero-order valence-corrected chi connectivity index (χ0v) is 9.28. The van der Waals surface area contributed by atoms with E-state index >= 15 is 0 Å². The number of hydrogen-bond acceptors (Lipinski definition) is 3. The summed E-state index contributed by atoms with van der Waals surface area (Å²) in [6.07, 6.45) is 0.369. The van der Waals surface area contributed by atoms with Crippen LogP contribution in [0.2, 0.25) is 0 Å². The second-order valence-corrected chi connectivity index (χ2v) is 4.71. The van der Waals surface area contributed by atoms with Crippen molar-refractivity contribution in [3.8, 4) is 11.5 Å². The second kappa shape index (κ2) is 4.34. The molecule has 1 N–H and O–H groups in total. The Morgan fingerprint density at radius 1 is 1.27 bits per heavy atom. The molecule has 0 heterocycles. The van der Waals surface area contributed by atoms with Crippen molar-refractivity contribution in [3.63, 3.8) is 0 Å². The van der Waals surface area contributed by atoms with Gasteiger partial charge in [0.05, 0.1) is 6.42 Å². The van der Waals surface area contributed by atoms with E-state index in [0.29, 0.717) is 12.2 Å². The third kappa shape index (κ3) is 4.49. The zero-order chi connectivity index (χ0) is 11.5. The van der Waals surface area contributed by atoms with Crippen LogP contribution < -0.4 is 4.74 Å². The van der Waals surface area contributed by atoms with Gasteiger partial charge in [-0.2, -0.15) is 0 Å². The van der Waals surface area contributed by atoms with E-state index in [-0.39, 0.29) is 17.1 Å². The molecule has 3 heteroatoms. The van der Waals surface area contributed by atoms with E-state index in [1.165, 1.54) is 12.1 Å². The quantitative estimate of drug-likeness (QED) is 0.600. The lowest BCUT2D eigenvalue weighted by atomic mass is 9.92. The summed E-state index contributed by atoms with van der Waals surface area (Å²) in [4.78, 5) is 11.4. The molecular formula is C12H16O3. The van der Waals surface area contributed by atoms with Gasteiger partial charge in [-0.1, -0.05) is 20.8 Å². The largest absolute Gasteiger partial charge is 0.508 e. The van der Waals surface area contributed by atoms with Crippen molar-refractivity contribution >= 4 is 5.97 Å². The Labute approximate surface area is 89.7 Å². The van der Waals surface area contributed by atoms with Crippen molar-refractivity contribution in [1.82, 2.24) is 0 Å². The summed E-state index contributed by atoms with van der Waals surface area (Å²) in [7, 11) is 0. The number of esters is 1. The molecule has 0 aliphatic rings. The first-order chi connectivity index (χ1) is 6.87. The van der Waals surface area contributed by atoms with Crippen LogP contribution in [0.15, 0.2) is 24.3 Å². The van der Waals surface area contributed by atoms with Crippen LogP contribution in [0.5, 0.6) is 11.5 Å². The summed E-state index contributed by atoms with van der Waals surface area (Å²) in [6, 6.07) is 6.10. The number of carbonyl (C=O) groups is 1.